The fourth-order valence-corrected chi connectivity index (χ4v) is 7.66. The molecule has 8 nitrogen and oxygen atoms in total. The highest BCUT2D eigenvalue weighted by Crippen LogP contribution is 2.49. The number of fused-ring (bicyclic) bond motifs is 5. The van der Waals surface area contributed by atoms with Crippen molar-refractivity contribution < 1.29 is 19.3 Å². The molecule has 1 saturated carbocycles. The summed E-state index contributed by atoms with van der Waals surface area (Å²) in [5.41, 5.74) is 3.17. The number of likely N-dealkylation sites (tertiary alicyclic amines) is 1. The van der Waals surface area contributed by atoms with E-state index in [2.05, 4.69) is 32.9 Å². The average molecular weight is 608 g/mol. The van der Waals surface area contributed by atoms with Crippen LogP contribution in [0, 0.1) is 23.1 Å². The van der Waals surface area contributed by atoms with E-state index in [1.54, 1.807) is 12.1 Å². The number of halogens is 1. The number of aryl methyl sites for hydroxylation is 1. The summed E-state index contributed by atoms with van der Waals surface area (Å²) in [7, 11) is 3.68. The Kier molecular flexibility index (Phi) is 7.82. The van der Waals surface area contributed by atoms with E-state index >= 15 is 4.39 Å². The van der Waals surface area contributed by atoms with Crippen molar-refractivity contribution in [2.75, 3.05) is 33.8 Å². The molecule has 3 aliphatic heterocycles. The van der Waals surface area contributed by atoms with Gasteiger partial charge in [0.15, 0.2) is 5.82 Å². The predicted molar refractivity (Wildman–Crippen MR) is 174 cm³/mol. The summed E-state index contributed by atoms with van der Waals surface area (Å²) in [6, 6.07) is 15.4. The zero-order valence-electron chi connectivity index (χ0n) is 25.7. The minimum atomic E-state index is -0.524. The van der Waals surface area contributed by atoms with Gasteiger partial charge < -0.3 is 29.7 Å². The lowest BCUT2D eigenvalue weighted by Crippen LogP contribution is -2.38. The number of aromatic nitrogens is 2. The second-order valence-corrected chi connectivity index (χ2v) is 12.6. The first-order valence-corrected chi connectivity index (χ1v) is 15.8. The van der Waals surface area contributed by atoms with Gasteiger partial charge in [-0.2, -0.15) is 5.26 Å². The minimum Gasteiger partial charge on any atom is -0.508 e. The summed E-state index contributed by atoms with van der Waals surface area (Å²) in [6.45, 7) is 3.37. The molecule has 232 valence electrons. The average Bonchev–Trinajstić information content (AvgIpc) is 3.86. The quantitative estimate of drug-likeness (QED) is 0.216. The molecule has 2 bridgehead atoms. The lowest BCUT2D eigenvalue weighted by atomic mass is 9.80. The van der Waals surface area contributed by atoms with Gasteiger partial charge in [0, 0.05) is 41.7 Å². The predicted octanol–water partition coefficient (Wildman–Crippen LogP) is 6.06. The molecule has 0 spiro atoms. The second-order valence-electron chi connectivity index (χ2n) is 12.6. The maximum atomic E-state index is 16.9. The van der Waals surface area contributed by atoms with Gasteiger partial charge in [-0.1, -0.05) is 24.3 Å². The molecule has 2 aromatic heterocycles. The smallest absolute Gasteiger partial charge is 0.223 e. The van der Waals surface area contributed by atoms with E-state index in [9.17, 15) is 15.5 Å². The van der Waals surface area contributed by atoms with E-state index in [0.29, 0.717) is 51.4 Å². The lowest BCUT2D eigenvalue weighted by Gasteiger charge is -2.36. The molecule has 3 unspecified atom stereocenters. The number of ether oxygens (including phenoxy) is 1. The molecule has 5 aromatic rings. The van der Waals surface area contributed by atoms with Gasteiger partial charge in [-0.15, -0.1) is 0 Å². The van der Waals surface area contributed by atoms with Crippen LogP contribution in [-0.4, -0.2) is 64.5 Å². The van der Waals surface area contributed by atoms with Gasteiger partial charge in [-0.25, -0.2) is 9.37 Å². The molecule has 4 aliphatic rings. The maximum Gasteiger partial charge on any atom is 0.223 e. The Morgan fingerprint density at radius 3 is 2.58 bits per heavy atom. The highest BCUT2D eigenvalue weighted by Gasteiger charge is 2.48. The van der Waals surface area contributed by atoms with E-state index in [0.717, 1.165) is 29.3 Å². The number of phenolic OH excluding ortho intramolecular Hbond substituents is 1. The Morgan fingerprint density at radius 1 is 1.13 bits per heavy atom. The van der Waals surface area contributed by atoms with Gasteiger partial charge in [-0.05, 0) is 91.8 Å². The number of aromatic hydroxyl groups is 1. The first kappa shape index (κ1) is 29.5. The van der Waals surface area contributed by atoms with Crippen LogP contribution in [0.1, 0.15) is 42.9 Å². The number of nitrogens with zero attached hydrogens (tertiary/aromatic N) is 4. The molecule has 5 heterocycles. The molecule has 0 radical (unpaired) electrons. The van der Waals surface area contributed by atoms with Crippen LogP contribution in [0.3, 0.4) is 0 Å². The highest BCUT2D eigenvalue weighted by molar-refractivity contribution is 6.10. The van der Waals surface area contributed by atoms with Gasteiger partial charge in [0.25, 0.3) is 0 Å². The van der Waals surface area contributed by atoms with Crippen LogP contribution >= 0.6 is 0 Å². The number of aliphatic hydroxyl groups excluding tert-OH is 1. The van der Waals surface area contributed by atoms with E-state index in [1.807, 2.05) is 36.5 Å². The number of nitrogens with one attached hydrogen (secondary N) is 1. The molecular weight excluding hydrogens is 569 g/mol. The highest BCUT2D eigenvalue weighted by atomic mass is 19.1. The Bertz CT molecular complexity index is 1940. The number of hydrogen-bond acceptors (Lipinski definition) is 7. The Balaban J connectivity index is 0.000000488. The van der Waals surface area contributed by atoms with E-state index in [-0.39, 0.29) is 36.2 Å². The standard InChI is InChI=1S/C31H27FN4O3.C5H11N/c1-39-31-26-19(15-37)14-36(29-18-11-24(29)34-13-18)30(26)23-10-17(6-4-8-33)25(27(32)28(23)35-31)22-12-20(38)9-16-5-2-3-7-21(16)22;1-6-4-2-3-5-6/h2-3,5,7,9-10,12,14,18,24,29,34,37-38H,4,6,11,13,15H2,1H3;2-5H2,1H3. The topological polar surface area (TPSA) is 107 Å². The molecule has 0 amide bonds. The zero-order valence-corrected chi connectivity index (χ0v) is 25.7. The van der Waals surface area contributed by atoms with E-state index < -0.39 is 5.82 Å². The van der Waals surface area contributed by atoms with Crippen LogP contribution in [0.5, 0.6) is 11.6 Å². The van der Waals surface area contributed by atoms with Crippen LogP contribution in [0.4, 0.5) is 4.39 Å². The normalized spacial score (nSPS) is 20.7. The van der Waals surface area contributed by atoms with Crippen molar-refractivity contribution in [2.24, 2.45) is 5.92 Å². The number of rotatable bonds is 6. The summed E-state index contributed by atoms with van der Waals surface area (Å²) in [6.07, 6.45) is 6.41. The van der Waals surface area contributed by atoms with Crippen molar-refractivity contribution >= 4 is 32.6 Å². The lowest BCUT2D eigenvalue weighted by molar-refractivity contribution is 0.224. The largest absolute Gasteiger partial charge is 0.508 e. The summed E-state index contributed by atoms with van der Waals surface area (Å²) < 4.78 is 24.7. The molecule has 3 N–H and O–H groups in total. The first-order chi connectivity index (χ1) is 21.9. The Morgan fingerprint density at radius 2 is 1.93 bits per heavy atom. The monoisotopic (exact) mass is 607 g/mol. The number of hydrogen-bond donors (Lipinski definition) is 3. The van der Waals surface area contributed by atoms with Crippen LogP contribution in [0.25, 0.3) is 43.7 Å². The van der Waals surface area contributed by atoms with Gasteiger partial charge in [0.2, 0.25) is 5.88 Å². The third-order valence-electron chi connectivity index (χ3n) is 9.85. The number of pyridine rings is 1. The first-order valence-electron chi connectivity index (χ1n) is 15.8. The third-order valence-corrected chi connectivity index (χ3v) is 9.85. The number of methoxy groups -OCH3 is 1. The fourth-order valence-electron chi connectivity index (χ4n) is 7.66. The number of phenols is 1. The number of benzene rings is 3. The summed E-state index contributed by atoms with van der Waals surface area (Å²) in [4.78, 5) is 7.01. The summed E-state index contributed by atoms with van der Waals surface area (Å²) >= 11 is 0. The van der Waals surface area contributed by atoms with Crippen molar-refractivity contribution in [3.05, 3.63) is 65.6 Å². The maximum absolute atomic E-state index is 16.9. The SMILES string of the molecule is CN1CCCC1.COc1nc2c(F)c(-c3cc(O)cc4ccccc34)c(CCC#N)cc2c2c1c(CO)cn2C1C2CNC1C2. The zero-order chi connectivity index (χ0) is 31.2. The summed E-state index contributed by atoms with van der Waals surface area (Å²) in [5, 5.41) is 36.7. The molecule has 9 heteroatoms. The molecule has 3 aromatic carbocycles. The minimum absolute atomic E-state index is 0.0323. The van der Waals surface area contributed by atoms with E-state index in [1.165, 1.54) is 33.0 Å². The van der Waals surface area contributed by atoms with Gasteiger partial charge in [0.05, 0.1) is 36.7 Å². The number of nitriles is 1. The fraction of sp³-hybridized carbons (Fsp3) is 0.389. The van der Waals surface area contributed by atoms with Crippen molar-refractivity contribution in [1.29, 1.82) is 5.26 Å². The van der Waals surface area contributed by atoms with Crippen molar-refractivity contribution in [2.45, 2.75) is 50.8 Å². The van der Waals surface area contributed by atoms with Crippen LogP contribution in [0.15, 0.2) is 48.7 Å². The van der Waals surface area contributed by atoms with Gasteiger partial charge >= 0.3 is 0 Å². The van der Waals surface area contributed by atoms with E-state index in [4.69, 9.17) is 4.74 Å². The van der Waals surface area contributed by atoms with Crippen molar-refractivity contribution in [3.8, 4) is 28.8 Å². The Labute approximate surface area is 261 Å². The molecule has 1 aliphatic carbocycles. The van der Waals surface area contributed by atoms with Crippen LogP contribution < -0.4 is 10.1 Å². The summed E-state index contributed by atoms with van der Waals surface area (Å²) in [5.74, 6) is 0.233. The third kappa shape index (κ3) is 4.98. The molecule has 9 rings (SSSR count). The molecule has 45 heavy (non-hydrogen) atoms. The van der Waals surface area contributed by atoms with Gasteiger partial charge in [0.1, 0.15) is 11.3 Å². The Hall–Kier alpha value is -4.23. The van der Waals surface area contributed by atoms with Crippen molar-refractivity contribution in [3.63, 3.8) is 0 Å². The van der Waals surface area contributed by atoms with Gasteiger partial charge in [-0.3, -0.25) is 0 Å². The van der Waals surface area contributed by atoms with Crippen LogP contribution in [-0.2, 0) is 13.0 Å². The molecule has 3 atom stereocenters. The van der Waals surface area contributed by atoms with Crippen LogP contribution in [0.2, 0.25) is 0 Å². The molecular formula is C36H38FN5O3. The molecule has 3 saturated heterocycles. The number of aliphatic hydroxyl groups is 1. The second kappa shape index (κ2) is 11.9. The van der Waals surface area contributed by atoms with Crippen molar-refractivity contribution in [1.82, 2.24) is 19.8 Å². The molecule has 4 fully saturated rings.